The van der Waals surface area contributed by atoms with Crippen molar-refractivity contribution < 1.29 is 34.8 Å². The fourth-order valence-corrected chi connectivity index (χ4v) is 6.04. The van der Waals surface area contributed by atoms with Crippen molar-refractivity contribution in [2.75, 3.05) is 14.1 Å². The van der Waals surface area contributed by atoms with Gasteiger partial charge < -0.3 is 26.2 Å². The minimum atomic E-state index is -2.61. The SMILES string of the molecule is CCc1cc(CC)c2c(c1O)C(O)=C1C(=O)[C@]3(O)C(O)=C(C(N)=O)C(=O)[C@@H](N(C)C)[C@@H]3C[C@@H]1C2. The van der Waals surface area contributed by atoms with Gasteiger partial charge in [0.2, 0.25) is 5.78 Å². The number of rotatable bonds is 4. The lowest BCUT2D eigenvalue weighted by Gasteiger charge is -2.50. The van der Waals surface area contributed by atoms with Crippen LogP contribution in [0, 0.1) is 11.8 Å². The molecule has 4 atom stereocenters. The maximum atomic E-state index is 13.8. The van der Waals surface area contributed by atoms with Gasteiger partial charge in [0, 0.05) is 11.5 Å². The molecule has 1 amide bonds. The number of ketones is 2. The van der Waals surface area contributed by atoms with E-state index in [1.165, 1.54) is 4.90 Å². The molecule has 1 fully saturated rings. The van der Waals surface area contributed by atoms with Crippen molar-refractivity contribution in [3.8, 4) is 5.75 Å². The number of hydrogen-bond donors (Lipinski definition) is 5. The summed E-state index contributed by atoms with van der Waals surface area (Å²) < 4.78 is 0. The molecular weight excluding hydrogens is 440 g/mol. The highest BCUT2D eigenvalue weighted by molar-refractivity contribution is 6.24. The molecule has 0 bridgehead atoms. The van der Waals surface area contributed by atoms with E-state index in [1.54, 1.807) is 14.1 Å². The van der Waals surface area contributed by atoms with Crippen LogP contribution in [0.15, 0.2) is 23.0 Å². The third kappa shape index (κ3) is 2.96. The van der Waals surface area contributed by atoms with Crippen LogP contribution in [0.2, 0.25) is 0 Å². The Kier molecular flexibility index (Phi) is 5.61. The molecule has 0 heterocycles. The molecule has 0 saturated heterocycles. The molecule has 0 aliphatic heterocycles. The van der Waals surface area contributed by atoms with E-state index in [1.807, 2.05) is 19.9 Å². The lowest BCUT2D eigenvalue weighted by molar-refractivity contribution is -0.153. The molecule has 34 heavy (non-hydrogen) atoms. The maximum absolute atomic E-state index is 13.8. The van der Waals surface area contributed by atoms with E-state index in [-0.39, 0.29) is 23.3 Å². The maximum Gasteiger partial charge on any atom is 0.255 e. The van der Waals surface area contributed by atoms with E-state index < -0.39 is 58.0 Å². The molecule has 0 aromatic heterocycles. The number of aromatic hydroxyl groups is 1. The molecule has 0 spiro atoms. The predicted molar refractivity (Wildman–Crippen MR) is 123 cm³/mol. The van der Waals surface area contributed by atoms with E-state index in [9.17, 15) is 34.8 Å². The predicted octanol–water partition coefficient (Wildman–Crippen LogP) is 1.09. The first-order valence-corrected chi connectivity index (χ1v) is 11.4. The molecule has 1 aromatic carbocycles. The van der Waals surface area contributed by atoms with Gasteiger partial charge in [0.15, 0.2) is 11.4 Å². The van der Waals surface area contributed by atoms with Crippen molar-refractivity contribution in [1.82, 2.24) is 4.90 Å². The number of phenolic OH excluding ortho intramolecular Hbond substituents is 1. The van der Waals surface area contributed by atoms with E-state index in [0.29, 0.717) is 24.8 Å². The second-order valence-electron chi connectivity index (χ2n) is 9.57. The zero-order valence-corrected chi connectivity index (χ0v) is 19.7. The number of nitrogens with zero attached hydrogens (tertiary/aromatic N) is 1. The van der Waals surface area contributed by atoms with Gasteiger partial charge in [0.25, 0.3) is 5.91 Å². The molecule has 4 rings (SSSR count). The quantitative estimate of drug-likeness (QED) is 0.409. The topological polar surface area (TPSA) is 161 Å². The number of aryl methyl sites for hydroxylation is 2. The molecule has 0 unspecified atom stereocenters. The number of aliphatic hydroxyl groups is 3. The average Bonchev–Trinajstić information content (AvgIpc) is 2.76. The highest BCUT2D eigenvalue weighted by atomic mass is 16.3. The lowest BCUT2D eigenvalue weighted by Crippen LogP contribution is -2.65. The van der Waals surface area contributed by atoms with Crippen LogP contribution in [0.25, 0.3) is 5.76 Å². The number of fused-ring (bicyclic) bond motifs is 3. The van der Waals surface area contributed by atoms with Gasteiger partial charge in [0.1, 0.15) is 22.8 Å². The molecule has 3 aliphatic carbocycles. The van der Waals surface area contributed by atoms with Gasteiger partial charge in [-0.3, -0.25) is 19.3 Å². The number of aliphatic hydroxyl groups excluding tert-OH is 2. The highest BCUT2D eigenvalue weighted by Crippen LogP contribution is 2.53. The van der Waals surface area contributed by atoms with Gasteiger partial charge >= 0.3 is 0 Å². The Morgan fingerprint density at radius 1 is 1.15 bits per heavy atom. The number of nitrogens with two attached hydrogens (primary N) is 1. The molecule has 1 saturated carbocycles. The summed E-state index contributed by atoms with van der Waals surface area (Å²) in [5.74, 6) is -6.27. The number of carbonyl (C=O) groups excluding carboxylic acids is 3. The fourth-order valence-electron chi connectivity index (χ4n) is 6.04. The van der Waals surface area contributed by atoms with Crippen LogP contribution in [0.5, 0.6) is 5.75 Å². The van der Waals surface area contributed by atoms with Gasteiger partial charge in [-0.25, -0.2) is 0 Å². The Bertz CT molecular complexity index is 1200. The number of likely N-dealkylation sites (N-methyl/N-ethyl adjacent to an activating group) is 1. The van der Waals surface area contributed by atoms with Gasteiger partial charge in [-0.05, 0) is 62.4 Å². The molecule has 9 heteroatoms. The molecular formula is C25H30N2O7. The molecule has 9 nitrogen and oxygen atoms in total. The Labute approximate surface area is 197 Å². The van der Waals surface area contributed by atoms with Crippen molar-refractivity contribution in [1.29, 1.82) is 0 Å². The van der Waals surface area contributed by atoms with Crippen molar-refractivity contribution in [3.05, 3.63) is 45.2 Å². The summed E-state index contributed by atoms with van der Waals surface area (Å²) in [6.07, 6.45) is 1.56. The number of benzene rings is 1. The van der Waals surface area contributed by atoms with E-state index >= 15 is 0 Å². The number of primary amides is 1. The van der Waals surface area contributed by atoms with Gasteiger partial charge in [-0.15, -0.1) is 0 Å². The Balaban J connectivity index is 2.00. The molecule has 1 aromatic rings. The van der Waals surface area contributed by atoms with Crippen LogP contribution in [0.1, 0.15) is 42.5 Å². The third-order valence-corrected chi connectivity index (χ3v) is 7.65. The second kappa shape index (κ2) is 7.95. The van der Waals surface area contributed by atoms with Gasteiger partial charge in [-0.1, -0.05) is 19.9 Å². The van der Waals surface area contributed by atoms with Crippen molar-refractivity contribution in [2.45, 2.75) is 51.2 Å². The fraction of sp³-hybridized carbons (Fsp3) is 0.480. The Morgan fingerprint density at radius 3 is 2.29 bits per heavy atom. The third-order valence-electron chi connectivity index (χ3n) is 7.65. The molecule has 3 aliphatic rings. The van der Waals surface area contributed by atoms with Crippen LogP contribution in [-0.4, -0.2) is 68.5 Å². The largest absolute Gasteiger partial charge is 0.508 e. The van der Waals surface area contributed by atoms with Crippen molar-refractivity contribution in [3.63, 3.8) is 0 Å². The number of amides is 1. The minimum Gasteiger partial charge on any atom is -0.508 e. The summed E-state index contributed by atoms with van der Waals surface area (Å²) in [7, 11) is 3.15. The van der Waals surface area contributed by atoms with E-state index in [0.717, 1.165) is 11.1 Å². The summed E-state index contributed by atoms with van der Waals surface area (Å²) in [6, 6.07) is 0.812. The zero-order chi connectivity index (χ0) is 25.3. The van der Waals surface area contributed by atoms with Crippen molar-refractivity contribution in [2.24, 2.45) is 17.6 Å². The molecule has 0 radical (unpaired) electrons. The van der Waals surface area contributed by atoms with Crippen LogP contribution >= 0.6 is 0 Å². The summed E-state index contributed by atoms with van der Waals surface area (Å²) in [6.45, 7) is 3.83. The molecule has 182 valence electrons. The monoisotopic (exact) mass is 470 g/mol. The van der Waals surface area contributed by atoms with E-state index in [2.05, 4.69) is 0 Å². The number of hydrogen-bond acceptors (Lipinski definition) is 8. The average molecular weight is 471 g/mol. The van der Waals surface area contributed by atoms with Gasteiger partial charge in [-0.2, -0.15) is 0 Å². The summed E-state index contributed by atoms with van der Waals surface area (Å²) in [5, 5.41) is 44.6. The number of carbonyl (C=O) groups is 3. The number of phenols is 1. The molecule has 6 N–H and O–H groups in total. The van der Waals surface area contributed by atoms with Crippen LogP contribution in [0.4, 0.5) is 0 Å². The first-order chi connectivity index (χ1) is 15.9. The van der Waals surface area contributed by atoms with Gasteiger partial charge in [0.05, 0.1) is 11.6 Å². The smallest absolute Gasteiger partial charge is 0.255 e. The lowest BCUT2D eigenvalue weighted by atomic mass is 9.57. The zero-order valence-electron chi connectivity index (χ0n) is 19.7. The standard InChI is InChI=1S/C25H30N2O7/c1-5-10-7-11(6-2)19(28)16-13(10)8-12-9-14-18(27(3)4)21(30)17(24(26)33)23(32)25(14,34)22(31)15(12)20(16)29/h7,12,14,18,28-29,32,34H,5-6,8-9H2,1-4H3,(H2,26,33)/t12-,14-,18-,25-/m0/s1. The Morgan fingerprint density at radius 2 is 1.76 bits per heavy atom. The van der Waals surface area contributed by atoms with Crippen molar-refractivity contribution >= 4 is 23.2 Å². The first-order valence-electron chi connectivity index (χ1n) is 11.4. The van der Waals surface area contributed by atoms with Crippen LogP contribution in [0.3, 0.4) is 0 Å². The van der Waals surface area contributed by atoms with E-state index in [4.69, 9.17) is 5.73 Å². The second-order valence-corrected chi connectivity index (χ2v) is 9.57. The number of Topliss-reactive ketones (excluding diaryl/α,β-unsaturated/α-hetero) is 2. The highest BCUT2D eigenvalue weighted by Gasteiger charge is 2.64. The normalized spacial score (nSPS) is 28.7. The first kappa shape index (κ1) is 24.0. The van der Waals surface area contributed by atoms with Crippen LogP contribution < -0.4 is 5.73 Å². The summed E-state index contributed by atoms with van der Waals surface area (Å²) in [5.41, 5.74) is 4.22. The summed E-state index contributed by atoms with van der Waals surface area (Å²) in [4.78, 5) is 40.4. The van der Waals surface area contributed by atoms with Crippen LogP contribution in [-0.2, 0) is 33.6 Å². The Hall–Kier alpha value is -3.17. The minimum absolute atomic E-state index is 0.0885. The summed E-state index contributed by atoms with van der Waals surface area (Å²) >= 11 is 0.